The van der Waals surface area contributed by atoms with E-state index >= 15 is 0 Å². The van der Waals surface area contributed by atoms with Gasteiger partial charge in [0.1, 0.15) is 5.82 Å². The van der Waals surface area contributed by atoms with Crippen molar-refractivity contribution in [3.8, 4) is 11.1 Å². The quantitative estimate of drug-likeness (QED) is 0.570. The maximum absolute atomic E-state index is 4.53. The molecule has 2 nitrogen and oxygen atoms in total. The van der Waals surface area contributed by atoms with Crippen molar-refractivity contribution in [3.05, 3.63) is 46.5 Å². The summed E-state index contributed by atoms with van der Waals surface area (Å²) < 4.78 is 0. The van der Waals surface area contributed by atoms with Crippen LogP contribution in [0.4, 0.5) is 0 Å². The largest absolute Gasteiger partial charge is 0.241 e. The fourth-order valence-electron chi connectivity index (χ4n) is 2.40. The molecular weight excluding hydrogens is 196 g/mol. The van der Waals surface area contributed by atoms with E-state index in [9.17, 15) is 0 Å². The van der Waals surface area contributed by atoms with Crippen molar-refractivity contribution in [3.63, 3.8) is 0 Å². The molecule has 2 aromatic rings. The van der Waals surface area contributed by atoms with Crippen molar-refractivity contribution >= 4 is 0 Å². The van der Waals surface area contributed by atoms with Gasteiger partial charge in [0, 0.05) is 18.2 Å². The van der Waals surface area contributed by atoms with Crippen LogP contribution in [0.2, 0.25) is 0 Å². The molecule has 2 heteroatoms. The second-order valence-corrected chi connectivity index (χ2v) is 4.49. The van der Waals surface area contributed by atoms with Gasteiger partial charge in [-0.15, -0.1) is 0 Å². The van der Waals surface area contributed by atoms with Gasteiger partial charge >= 0.3 is 0 Å². The summed E-state index contributed by atoms with van der Waals surface area (Å²) in [7, 11) is 0. The van der Waals surface area contributed by atoms with E-state index in [2.05, 4.69) is 35.9 Å². The lowest BCUT2D eigenvalue weighted by Crippen LogP contribution is -1.93. The van der Waals surface area contributed by atoms with Gasteiger partial charge in [-0.2, -0.15) is 0 Å². The third-order valence-corrected chi connectivity index (χ3v) is 3.49. The third kappa shape index (κ3) is 1.19. The Morgan fingerprint density at radius 3 is 2.69 bits per heavy atom. The van der Waals surface area contributed by atoms with Gasteiger partial charge < -0.3 is 0 Å². The third-order valence-electron chi connectivity index (χ3n) is 3.49. The minimum Gasteiger partial charge on any atom is -0.241 e. The van der Waals surface area contributed by atoms with E-state index in [1.165, 1.54) is 33.5 Å². The molecule has 0 aliphatic heterocycles. The topological polar surface area (TPSA) is 25.8 Å². The normalized spacial score (nSPS) is 12.4. The van der Waals surface area contributed by atoms with Crippen molar-refractivity contribution in [2.45, 2.75) is 27.2 Å². The van der Waals surface area contributed by atoms with Gasteiger partial charge in [0.15, 0.2) is 0 Å². The van der Waals surface area contributed by atoms with Gasteiger partial charge in [0.25, 0.3) is 0 Å². The Hall–Kier alpha value is -1.70. The lowest BCUT2D eigenvalue weighted by molar-refractivity contribution is 0.991. The molecule has 0 bridgehead atoms. The Balaban J connectivity index is 2.27. The van der Waals surface area contributed by atoms with E-state index in [4.69, 9.17) is 0 Å². The van der Waals surface area contributed by atoms with Gasteiger partial charge in [0.05, 0.1) is 5.69 Å². The molecule has 80 valence electrons. The number of fused-ring (bicyclic) bond motifs is 3. The molecule has 0 fully saturated rings. The van der Waals surface area contributed by atoms with Gasteiger partial charge in [-0.25, -0.2) is 9.97 Å². The predicted octanol–water partition coefficient (Wildman–Crippen LogP) is 2.97. The Morgan fingerprint density at radius 1 is 1.06 bits per heavy atom. The Labute approximate surface area is 95.4 Å². The maximum atomic E-state index is 4.53. The summed E-state index contributed by atoms with van der Waals surface area (Å²) in [4.78, 5) is 8.82. The first-order valence-corrected chi connectivity index (χ1v) is 5.59. The van der Waals surface area contributed by atoms with Crippen LogP contribution in [-0.2, 0) is 6.42 Å². The molecule has 0 radical (unpaired) electrons. The molecule has 3 rings (SSSR count). The van der Waals surface area contributed by atoms with Crippen LogP contribution >= 0.6 is 0 Å². The number of aryl methyl sites for hydroxylation is 2. The first-order valence-electron chi connectivity index (χ1n) is 5.59. The number of rotatable bonds is 0. The Kier molecular flexibility index (Phi) is 1.87. The highest BCUT2D eigenvalue weighted by Gasteiger charge is 2.22. The predicted molar refractivity (Wildman–Crippen MR) is 64.5 cm³/mol. The number of hydrogen-bond donors (Lipinski definition) is 0. The summed E-state index contributed by atoms with van der Waals surface area (Å²) in [6.07, 6.45) is 2.92. The molecule has 0 atom stereocenters. The van der Waals surface area contributed by atoms with E-state index in [-0.39, 0.29) is 0 Å². The molecule has 1 aromatic carbocycles. The van der Waals surface area contributed by atoms with E-state index in [1.807, 2.05) is 13.1 Å². The zero-order valence-corrected chi connectivity index (χ0v) is 9.83. The molecule has 1 aliphatic carbocycles. The van der Waals surface area contributed by atoms with Crippen LogP contribution in [0.1, 0.15) is 28.2 Å². The zero-order chi connectivity index (χ0) is 11.3. The molecule has 0 saturated heterocycles. The molecule has 0 amide bonds. The summed E-state index contributed by atoms with van der Waals surface area (Å²) >= 11 is 0. The first-order chi connectivity index (χ1) is 7.66. The van der Waals surface area contributed by atoms with Crippen LogP contribution in [0.3, 0.4) is 0 Å². The van der Waals surface area contributed by atoms with Gasteiger partial charge in [0.2, 0.25) is 0 Å². The van der Waals surface area contributed by atoms with Crippen molar-refractivity contribution in [2.75, 3.05) is 0 Å². The van der Waals surface area contributed by atoms with Crippen LogP contribution < -0.4 is 0 Å². The molecule has 0 spiro atoms. The van der Waals surface area contributed by atoms with E-state index < -0.39 is 0 Å². The lowest BCUT2D eigenvalue weighted by atomic mass is 9.98. The smallest absolute Gasteiger partial charge is 0.125 e. The van der Waals surface area contributed by atoms with Gasteiger partial charge in [-0.05, 0) is 43.0 Å². The average Bonchev–Trinajstić information content (AvgIpc) is 2.62. The average molecular weight is 210 g/mol. The van der Waals surface area contributed by atoms with E-state index in [0.717, 1.165) is 12.2 Å². The highest BCUT2D eigenvalue weighted by molar-refractivity contribution is 5.76. The molecule has 1 heterocycles. The van der Waals surface area contributed by atoms with Crippen LogP contribution in [-0.4, -0.2) is 9.97 Å². The summed E-state index contributed by atoms with van der Waals surface area (Å²) in [6.45, 7) is 6.30. The van der Waals surface area contributed by atoms with Gasteiger partial charge in [-0.3, -0.25) is 0 Å². The SMILES string of the molecule is Cc1ncc2c(n1)Cc1c-2ccc(C)c1C. The maximum Gasteiger partial charge on any atom is 0.125 e. The fraction of sp³-hybridized carbons (Fsp3) is 0.286. The summed E-state index contributed by atoms with van der Waals surface area (Å²) in [5.74, 6) is 0.862. The Morgan fingerprint density at radius 2 is 1.88 bits per heavy atom. The number of benzene rings is 1. The van der Waals surface area contributed by atoms with Crippen LogP contribution in [0.25, 0.3) is 11.1 Å². The standard InChI is InChI=1S/C14H14N2/c1-8-4-5-11-12(9(8)2)6-14-13(11)7-15-10(3)16-14/h4-5,7H,6H2,1-3H3. The minimum atomic E-state index is 0.862. The molecule has 0 saturated carbocycles. The summed E-state index contributed by atoms with van der Waals surface area (Å²) in [5, 5.41) is 0. The molecule has 0 unspecified atom stereocenters. The number of aromatic nitrogens is 2. The van der Waals surface area contributed by atoms with E-state index in [1.54, 1.807) is 0 Å². The van der Waals surface area contributed by atoms with Crippen molar-refractivity contribution < 1.29 is 0 Å². The van der Waals surface area contributed by atoms with Gasteiger partial charge in [-0.1, -0.05) is 12.1 Å². The molecule has 16 heavy (non-hydrogen) atoms. The summed E-state index contributed by atoms with van der Waals surface area (Å²) in [5.41, 5.74) is 7.89. The molecule has 1 aliphatic rings. The highest BCUT2D eigenvalue weighted by atomic mass is 14.9. The second kappa shape index (κ2) is 3.14. The molecular formula is C14H14N2. The van der Waals surface area contributed by atoms with Crippen molar-refractivity contribution in [1.29, 1.82) is 0 Å². The highest BCUT2D eigenvalue weighted by Crippen LogP contribution is 2.37. The monoisotopic (exact) mass is 210 g/mol. The number of hydrogen-bond acceptors (Lipinski definition) is 2. The van der Waals surface area contributed by atoms with Crippen LogP contribution in [0.5, 0.6) is 0 Å². The molecule has 0 N–H and O–H groups in total. The number of nitrogens with zero attached hydrogens (tertiary/aromatic N) is 2. The molecule has 1 aromatic heterocycles. The van der Waals surface area contributed by atoms with Crippen molar-refractivity contribution in [2.24, 2.45) is 0 Å². The van der Waals surface area contributed by atoms with E-state index in [0.29, 0.717) is 0 Å². The minimum absolute atomic E-state index is 0.862. The first kappa shape index (κ1) is 9.52. The fourth-order valence-corrected chi connectivity index (χ4v) is 2.40. The van der Waals surface area contributed by atoms with Crippen LogP contribution in [0.15, 0.2) is 18.3 Å². The van der Waals surface area contributed by atoms with Crippen molar-refractivity contribution in [1.82, 2.24) is 9.97 Å². The zero-order valence-electron chi connectivity index (χ0n) is 9.83. The Bertz CT molecular complexity index is 586. The lowest BCUT2D eigenvalue weighted by Gasteiger charge is -2.06. The second-order valence-electron chi connectivity index (χ2n) is 4.49. The summed E-state index contributed by atoms with van der Waals surface area (Å²) in [6, 6.07) is 4.38. The van der Waals surface area contributed by atoms with Crippen LogP contribution in [0, 0.1) is 20.8 Å².